The van der Waals surface area contributed by atoms with Crippen LogP contribution in [-0.4, -0.2) is 193 Å². The summed E-state index contributed by atoms with van der Waals surface area (Å²) in [5.41, 5.74) is 22.4. The molecule has 0 saturated carbocycles. The first-order valence-corrected chi connectivity index (χ1v) is 35.5. The summed E-state index contributed by atoms with van der Waals surface area (Å²) >= 11 is 0. The first-order chi connectivity index (χ1) is 51.2. The molecule has 26 N–H and O–H groups in total. The molecule has 8 rings (SSSR count). The molecule has 0 radical (unpaired) electrons. The van der Waals surface area contributed by atoms with Gasteiger partial charge in [-0.2, -0.15) is 0 Å². The van der Waals surface area contributed by atoms with Crippen molar-refractivity contribution in [3.05, 3.63) is 144 Å². The van der Waals surface area contributed by atoms with Crippen molar-refractivity contribution in [2.75, 3.05) is 26.3 Å². The number of aliphatic hydroxyl groups excluding tert-OH is 2. The lowest BCUT2D eigenvalue weighted by Gasteiger charge is -2.29. The number of benzene rings is 4. The summed E-state index contributed by atoms with van der Waals surface area (Å²) in [6.45, 7) is 5.36. The second-order valence-corrected chi connectivity index (χ2v) is 27.3. The number of rotatable bonds is 41. The Morgan fingerprint density at radius 3 is 0.944 bits per heavy atom. The molecule has 4 heterocycles. The molecule has 0 spiro atoms. The van der Waals surface area contributed by atoms with Gasteiger partial charge >= 0.3 is 5.97 Å². The van der Waals surface area contributed by atoms with Crippen LogP contribution in [0, 0.1) is 22.7 Å². The van der Waals surface area contributed by atoms with Gasteiger partial charge in [-0.1, -0.05) is 100 Å². The molecule has 10 atom stereocenters. The molecule has 0 aliphatic heterocycles. The van der Waals surface area contributed by atoms with Crippen LogP contribution in [0.25, 0.3) is 43.6 Å². The van der Waals surface area contributed by atoms with E-state index in [1.54, 1.807) is 82.8 Å². The number of nitrogens with two attached hydrogens (primary N) is 3. The standard InChI is InChI=1S/C74H98N20O13/c1-39(2)27-56(66(100)86-55(24-14-26-81-74(78)79)65(99)91-60(31-43-35-84-52-21-11-7-17-47(43)52)70(104)93-61(72(106)107)32-44-36-85-53-22-12-8-18-48(44)53)90-71(105)62(38-96)94-67(101)57(28-40(3)4)89-64(98)54(23-13-25-80-73(76)77)87-68(102)59(30-42-34-83-51-20-10-6-16-46(42)51)92-69(103)58(88-63(97)49(75)37-95)29-41-33-82-50-19-9-5-15-45(41)50/h5-12,15-22,33-36,39-40,49,54-62,82-85,95-96H,13-14,23-32,37-38,75H2,1-4H3,(H,86,100)(H,87,102)(H,88,97)(H,89,98)(H,90,105)(H,91,99)(H,92,103)(H,93,104)(H,94,101)(H,106,107)(H4,76,77,80)(H4,78,79,81)/t49-,54-,55-,56-,57-,58-,59-,60-,61-,62-/m0/s1. The Morgan fingerprint density at radius 2 is 0.636 bits per heavy atom. The Labute approximate surface area is 616 Å². The second-order valence-electron chi connectivity index (χ2n) is 27.3. The minimum atomic E-state index is -1.77. The van der Waals surface area contributed by atoms with Gasteiger partial charge in [-0.3, -0.25) is 54.0 Å². The van der Waals surface area contributed by atoms with Crippen molar-refractivity contribution in [2.24, 2.45) is 29.0 Å². The highest BCUT2D eigenvalue weighted by Gasteiger charge is 2.37. The summed E-state index contributed by atoms with van der Waals surface area (Å²) in [5, 5.41) is 78.9. The average molecular weight is 1480 g/mol. The number of H-pyrrole nitrogens is 4. The lowest BCUT2D eigenvalue weighted by molar-refractivity contribution is -0.142. The normalized spacial score (nSPS) is 14.3. The molecule has 8 aromatic rings. The van der Waals surface area contributed by atoms with E-state index in [-0.39, 0.29) is 101 Å². The molecule has 0 aliphatic carbocycles. The number of carbonyl (C=O) groups is 10. The largest absolute Gasteiger partial charge is 0.480 e. The number of nitrogens with one attached hydrogen (secondary N) is 17. The van der Waals surface area contributed by atoms with Crippen LogP contribution < -0.4 is 75.7 Å². The fourth-order valence-electron chi connectivity index (χ4n) is 12.6. The number of carboxylic acids is 1. The van der Waals surface area contributed by atoms with Crippen LogP contribution in [0.3, 0.4) is 0 Å². The van der Waals surface area contributed by atoms with Crippen molar-refractivity contribution in [1.29, 1.82) is 10.8 Å². The maximum absolute atomic E-state index is 15.0. The molecule has 0 fully saturated rings. The van der Waals surface area contributed by atoms with Gasteiger partial charge in [-0.25, -0.2) is 4.79 Å². The Kier molecular flexibility index (Phi) is 29.3. The first kappa shape index (κ1) is 80.8. The molecule has 4 aromatic heterocycles. The van der Waals surface area contributed by atoms with Gasteiger partial charge in [0.15, 0.2) is 11.9 Å². The zero-order valence-corrected chi connectivity index (χ0v) is 60.0. The van der Waals surface area contributed by atoms with E-state index in [2.05, 4.69) is 78.4 Å². The summed E-state index contributed by atoms with van der Waals surface area (Å²) < 4.78 is 0. The van der Waals surface area contributed by atoms with Crippen molar-refractivity contribution < 1.29 is 63.3 Å². The highest BCUT2D eigenvalue weighted by atomic mass is 16.4. The lowest BCUT2D eigenvalue weighted by atomic mass is 10.00. The van der Waals surface area contributed by atoms with Crippen molar-refractivity contribution in [3.63, 3.8) is 0 Å². The number of hydrogen-bond donors (Lipinski definition) is 23. The Hall–Kier alpha value is -11.8. The Balaban J connectivity index is 1.00. The molecule has 107 heavy (non-hydrogen) atoms. The first-order valence-electron chi connectivity index (χ1n) is 35.5. The summed E-state index contributed by atoms with van der Waals surface area (Å²) in [5.74, 6) is -10.8. The molecule has 0 aliphatic rings. The zero-order valence-electron chi connectivity index (χ0n) is 60.0. The smallest absolute Gasteiger partial charge is 0.326 e. The summed E-state index contributed by atoms with van der Waals surface area (Å²) in [7, 11) is 0. The monoisotopic (exact) mass is 1470 g/mol. The number of aliphatic carboxylic acids is 1. The maximum Gasteiger partial charge on any atom is 0.326 e. The van der Waals surface area contributed by atoms with Crippen molar-refractivity contribution >= 4 is 115 Å². The Morgan fingerprint density at radius 1 is 0.374 bits per heavy atom. The molecular weight excluding hydrogens is 1380 g/mol. The molecule has 0 bridgehead atoms. The van der Waals surface area contributed by atoms with Gasteiger partial charge in [0, 0.05) is 107 Å². The van der Waals surface area contributed by atoms with Gasteiger partial charge in [0.05, 0.1) is 13.2 Å². The highest BCUT2D eigenvalue weighted by Crippen LogP contribution is 2.25. The van der Waals surface area contributed by atoms with Crippen LogP contribution in [0.15, 0.2) is 122 Å². The summed E-state index contributed by atoms with van der Waals surface area (Å²) in [6.07, 6.45) is 5.95. The second kappa shape index (κ2) is 38.8. The van der Waals surface area contributed by atoms with Gasteiger partial charge in [0.25, 0.3) is 0 Å². The molecule has 0 saturated heterocycles. The predicted molar refractivity (Wildman–Crippen MR) is 402 cm³/mol. The number of guanidine groups is 2. The number of hydrogen-bond acceptors (Lipinski definition) is 15. The molecule has 33 heteroatoms. The van der Waals surface area contributed by atoms with E-state index in [0.29, 0.717) is 38.5 Å². The third-order valence-electron chi connectivity index (χ3n) is 18.2. The predicted octanol–water partition coefficient (Wildman–Crippen LogP) is 0.261. The van der Waals surface area contributed by atoms with Crippen LogP contribution in [0.1, 0.15) is 88.5 Å². The van der Waals surface area contributed by atoms with Gasteiger partial charge in [-0.15, -0.1) is 0 Å². The van der Waals surface area contributed by atoms with E-state index in [1.165, 1.54) is 0 Å². The van der Waals surface area contributed by atoms with Gasteiger partial charge in [0.1, 0.15) is 60.4 Å². The zero-order chi connectivity index (χ0) is 77.4. The molecule has 33 nitrogen and oxygen atoms in total. The topological polar surface area (TPSA) is 553 Å². The number of carboxylic acid groups (broad SMARTS) is 1. The number of carbonyl (C=O) groups excluding carboxylic acids is 9. The van der Waals surface area contributed by atoms with Crippen LogP contribution in [-0.2, 0) is 73.6 Å². The number of aromatic nitrogens is 4. The van der Waals surface area contributed by atoms with E-state index in [0.717, 1.165) is 27.3 Å². The number of amides is 9. The van der Waals surface area contributed by atoms with Gasteiger partial charge in [0.2, 0.25) is 53.2 Å². The molecule has 9 amide bonds. The van der Waals surface area contributed by atoms with Crippen LogP contribution >= 0.6 is 0 Å². The van der Waals surface area contributed by atoms with Crippen LogP contribution in [0.5, 0.6) is 0 Å². The minimum Gasteiger partial charge on any atom is -0.480 e. The van der Waals surface area contributed by atoms with Crippen LogP contribution in [0.2, 0.25) is 0 Å². The minimum absolute atomic E-state index is 0.0531. The number of aliphatic hydroxyl groups is 2. The van der Waals surface area contributed by atoms with Crippen molar-refractivity contribution in [2.45, 2.75) is 152 Å². The van der Waals surface area contributed by atoms with Gasteiger partial charge in [-0.05, 0) is 96.9 Å². The molecular formula is C74H98N20O13. The summed E-state index contributed by atoms with van der Waals surface area (Å²) in [6, 6.07) is 14.2. The lowest BCUT2D eigenvalue weighted by Crippen LogP contribution is -2.61. The van der Waals surface area contributed by atoms with E-state index in [1.807, 2.05) is 66.7 Å². The summed E-state index contributed by atoms with van der Waals surface area (Å²) in [4.78, 5) is 156. The highest BCUT2D eigenvalue weighted by molar-refractivity contribution is 6.00. The number of aromatic amines is 4. The average Bonchev–Trinajstić information content (AvgIpc) is 1.72. The third kappa shape index (κ3) is 23.1. The maximum atomic E-state index is 15.0. The Bertz CT molecular complexity index is 4450. The third-order valence-corrected chi connectivity index (χ3v) is 18.2. The number of fused-ring (bicyclic) bond motifs is 4. The quantitative estimate of drug-likeness (QED) is 0.0139. The van der Waals surface area contributed by atoms with Crippen LogP contribution in [0.4, 0.5) is 0 Å². The van der Waals surface area contributed by atoms with E-state index in [4.69, 9.17) is 28.0 Å². The fraction of sp³-hybridized carbons (Fsp3) is 0.405. The fourth-order valence-corrected chi connectivity index (χ4v) is 12.6. The number of para-hydroxylation sites is 4. The van der Waals surface area contributed by atoms with E-state index < -0.39 is 133 Å². The molecule has 4 aromatic carbocycles. The van der Waals surface area contributed by atoms with Gasteiger partial charge < -0.3 is 111 Å². The SMILES string of the molecule is CC(C)C[C@H](NC(=O)[C@H](CO)NC(=O)[C@H](CC(C)C)NC(=O)[C@H](CCCNC(=N)N)NC(=O)[C@H](Cc1c[nH]c2ccccc12)NC(=O)[C@H](Cc1c[nH]c2ccccc12)NC(=O)[C@@H](N)CO)C(=O)N[C@@H](CCCNC(=N)N)C(=O)N[C@@H](Cc1c[nH]c2ccccc12)C(=O)N[C@@H](Cc1c[nH]c2ccccc12)C(=O)O. The van der Waals surface area contributed by atoms with E-state index >= 15 is 4.79 Å². The van der Waals surface area contributed by atoms with Crippen molar-refractivity contribution in [1.82, 2.24) is 78.4 Å². The van der Waals surface area contributed by atoms with Crippen molar-refractivity contribution in [3.8, 4) is 0 Å². The molecule has 0 unspecified atom stereocenters. The van der Waals surface area contributed by atoms with E-state index in [9.17, 15) is 58.5 Å². The molecule has 572 valence electrons.